The van der Waals surface area contributed by atoms with E-state index < -0.39 is 0 Å². The number of hydrogen-bond acceptors (Lipinski definition) is 1. The summed E-state index contributed by atoms with van der Waals surface area (Å²) in [5, 5.41) is 3.67. The van der Waals surface area contributed by atoms with Crippen molar-refractivity contribution in [3.8, 4) is 0 Å². The molecule has 1 heterocycles. The molecule has 0 nitrogen and oxygen atoms in total. The minimum Gasteiger partial charge on any atom is -1.00 e. The van der Waals surface area contributed by atoms with Crippen LogP contribution in [0.15, 0.2) is 18.2 Å². The van der Waals surface area contributed by atoms with Gasteiger partial charge in [0.25, 0.3) is 0 Å². The molecule has 0 aromatic heterocycles. The number of allylic oxidation sites excluding steroid dienone is 2. The third-order valence-corrected chi connectivity index (χ3v) is 1.60. The quantitative estimate of drug-likeness (QED) is 0.396. The number of hydrogen-bond donors (Lipinski definition) is 0. The van der Waals surface area contributed by atoms with Gasteiger partial charge in [0.15, 0.2) is 0 Å². The second-order valence-corrected chi connectivity index (χ2v) is 2.71. The normalized spacial score (nSPS) is 22.1. The first-order chi connectivity index (χ1) is 3.39. The third-order valence-electron chi connectivity index (χ3n) is 0.800. The Hall–Kier alpha value is 0.933. The first kappa shape index (κ1) is 12.6. The van der Waals surface area contributed by atoms with Gasteiger partial charge in [0.1, 0.15) is 0 Å². The molecular formula is C6H7BrSZn. The van der Waals surface area contributed by atoms with E-state index >= 15 is 0 Å². The molecule has 0 radical (unpaired) electrons. The first-order valence-electron chi connectivity index (χ1n) is 2.31. The van der Waals surface area contributed by atoms with Crippen LogP contribution in [-0.4, -0.2) is 5.25 Å². The Labute approximate surface area is 83.7 Å². The van der Waals surface area contributed by atoms with E-state index in [1.54, 1.807) is 11.8 Å². The van der Waals surface area contributed by atoms with Gasteiger partial charge in [-0.25, -0.2) is 29.3 Å². The van der Waals surface area contributed by atoms with Gasteiger partial charge in [-0.1, -0.05) is 6.92 Å². The molecule has 1 rings (SSSR count). The van der Waals surface area contributed by atoms with E-state index in [1.807, 2.05) is 12.2 Å². The van der Waals surface area contributed by atoms with Crippen LogP contribution in [0.25, 0.3) is 0 Å². The molecule has 0 aliphatic carbocycles. The van der Waals surface area contributed by atoms with Crippen LogP contribution in [0.1, 0.15) is 6.92 Å². The maximum Gasteiger partial charge on any atom is 2.00 e. The number of thioether (sulfide) groups is 1. The first-order valence-corrected chi connectivity index (χ1v) is 3.19. The number of rotatable bonds is 0. The molecule has 0 spiro atoms. The predicted molar refractivity (Wildman–Crippen MR) is 34.0 cm³/mol. The van der Waals surface area contributed by atoms with Crippen molar-refractivity contribution < 1.29 is 36.5 Å². The van der Waals surface area contributed by atoms with Crippen molar-refractivity contribution >= 4 is 11.8 Å². The van der Waals surface area contributed by atoms with E-state index in [4.69, 9.17) is 0 Å². The summed E-state index contributed by atoms with van der Waals surface area (Å²) in [5.41, 5.74) is 0. The van der Waals surface area contributed by atoms with E-state index in [1.165, 1.54) is 0 Å². The van der Waals surface area contributed by atoms with E-state index in [-0.39, 0.29) is 36.5 Å². The maximum atomic E-state index is 3.04. The minimum atomic E-state index is 0. The molecule has 0 saturated carbocycles. The summed E-state index contributed by atoms with van der Waals surface area (Å²) in [5.74, 6) is 0. The van der Waals surface area contributed by atoms with Crippen molar-refractivity contribution in [2.45, 2.75) is 12.2 Å². The minimum absolute atomic E-state index is 0. The summed E-state index contributed by atoms with van der Waals surface area (Å²) < 4.78 is 0. The summed E-state index contributed by atoms with van der Waals surface area (Å²) in [4.78, 5) is 0. The fourth-order valence-corrected chi connectivity index (χ4v) is 0.978. The molecule has 46 valence electrons. The molecule has 0 amide bonds. The van der Waals surface area contributed by atoms with Crippen molar-refractivity contribution in [3.05, 3.63) is 23.6 Å². The van der Waals surface area contributed by atoms with Gasteiger partial charge in [0.05, 0.1) is 0 Å². The van der Waals surface area contributed by atoms with Crippen molar-refractivity contribution in [1.82, 2.24) is 0 Å². The van der Waals surface area contributed by atoms with Crippen molar-refractivity contribution in [2.75, 3.05) is 0 Å². The fraction of sp³-hybridized carbons (Fsp3) is 0.333. The van der Waals surface area contributed by atoms with Gasteiger partial charge < -0.3 is 17.0 Å². The molecule has 0 bridgehead atoms. The molecule has 0 N–H and O–H groups in total. The van der Waals surface area contributed by atoms with Crippen molar-refractivity contribution in [1.29, 1.82) is 0 Å². The van der Waals surface area contributed by atoms with E-state index in [9.17, 15) is 0 Å². The van der Waals surface area contributed by atoms with Crippen LogP contribution in [0.5, 0.6) is 0 Å². The zero-order chi connectivity index (χ0) is 5.11. The molecule has 1 aliphatic heterocycles. The van der Waals surface area contributed by atoms with Gasteiger partial charge in [-0.05, 0) is 5.25 Å². The average molecular weight is 256 g/mol. The van der Waals surface area contributed by atoms with Crippen LogP contribution in [-0.2, 0) is 19.5 Å². The maximum absolute atomic E-state index is 3.04. The van der Waals surface area contributed by atoms with Gasteiger partial charge in [0, 0.05) is 0 Å². The van der Waals surface area contributed by atoms with Crippen molar-refractivity contribution in [3.63, 3.8) is 0 Å². The second kappa shape index (κ2) is 7.05. The molecule has 0 aromatic carbocycles. The zero-order valence-electron chi connectivity index (χ0n) is 5.30. The van der Waals surface area contributed by atoms with E-state index in [0.29, 0.717) is 5.25 Å². The van der Waals surface area contributed by atoms with Crippen molar-refractivity contribution in [2.24, 2.45) is 0 Å². The standard InChI is InChI=1S/C6H7S.BrH.Zn/c1-6-4-2-3-5-7-6;;/h2-4,6H,1H3;1H;/q-1;;+2/p-1. The van der Waals surface area contributed by atoms with Crippen LogP contribution in [0.2, 0.25) is 0 Å². The van der Waals surface area contributed by atoms with Gasteiger partial charge in [-0.2, -0.15) is 6.08 Å². The second-order valence-electron chi connectivity index (χ2n) is 1.49. The Bertz CT molecular complexity index is 112. The molecular weight excluding hydrogens is 249 g/mol. The average Bonchev–Trinajstić information content (AvgIpc) is 1.69. The molecule has 0 saturated heterocycles. The Balaban J connectivity index is 0. The fourth-order valence-electron chi connectivity index (χ4n) is 0.437. The third kappa shape index (κ3) is 5.38. The molecule has 9 heavy (non-hydrogen) atoms. The van der Waals surface area contributed by atoms with Crippen LogP contribution in [0.3, 0.4) is 0 Å². The molecule has 3 heteroatoms. The monoisotopic (exact) mass is 254 g/mol. The topological polar surface area (TPSA) is 0 Å². The Kier molecular flexibility index (Phi) is 9.86. The smallest absolute Gasteiger partial charge is 1.00 e. The predicted octanol–water partition coefficient (Wildman–Crippen LogP) is -1.00. The zero-order valence-corrected chi connectivity index (χ0v) is 10.7. The van der Waals surface area contributed by atoms with Crippen LogP contribution < -0.4 is 17.0 Å². The van der Waals surface area contributed by atoms with Gasteiger partial charge in [0.2, 0.25) is 0 Å². The molecule has 0 fully saturated rings. The molecule has 1 aliphatic rings. The molecule has 1 atom stereocenters. The summed E-state index contributed by atoms with van der Waals surface area (Å²) in [6.07, 6.45) is 6.12. The largest absolute Gasteiger partial charge is 2.00 e. The molecule has 1 unspecified atom stereocenters. The van der Waals surface area contributed by atoms with E-state index in [0.717, 1.165) is 0 Å². The van der Waals surface area contributed by atoms with Gasteiger partial charge in [-0.3, -0.25) is 0 Å². The summed E-state index contributed by atoms with van der Waals surface area (Å²) in [6, 6.07) is 0. The summed E-state index contributed by atoms with van der Waals surface area (Å²) >= 11 is 1.73. The van der Waals surface area contributed by atoms with Crippen LogP contribution in [0, 0.1) is 5.41 Å². The SMILES string of the molecule is CC1C=CC=[C-]S1.[Br-].[Zn+2]. The van der Waals surface area contributed by atoms with E-state index in [2.05, 4.69) is 18.4 Å². The summed E-state index contributed by atoms with van der Waals surface area (Å²) in [6.45, 7) is 2.15. The molecule has 0 aromatic rings. The Morgan fingerprint density at radius 2 is 2.22 bits per heavy atom. The Morgan fingerprint density at radius 1 is 1.56 bits per heavy atom. The van der Waals surface area contributed by atoms with Crippen LogP contribution >= 0.6 is 11.8 Å². The van der Waals surface area contributed by atoms with Gasteiger partial charge >= 0.3 is 19.5 Å². The van der Waals surface area contributed by atoms with Gasteiger partial charge in [-0.15, -0.1) is 0 Å². The Morgan fingerprint density at radius 3 is 2.44 bits per heavy atom. The van der Waals surface area contributed by atoms with Crippen LogP contribution in [0.4, 0.5) is 0 Å². The summed E-state index contributed by atoms with van der Waals surface area (Å²) in [7, 11) is 0. The number of halogens is 1.